The maximum absolute atomic E-state index is 13.7. The molecule has 1 heterocycles. The molecule has 104 valence electrons. The van der Waals surface area contributed by atoms with Crippen molar-refractivity contribution in [3.05, 3.63) is 28.2 Å². The zero-order valence-corrected chi connectivity index (χ0v) is 13.9. The van der Waals surface area contributed by atoms with Crippen LogP contribution in [0.3, 0.4) is 0 Å². The van der Waals surface area contributed by atoms with Crippen LogP contribution in [0.2, 0.25) is 0 Å². The number of benzene rings is 1. The lowest BCUT2D eigenvalue weighted by Gasteiger charge is -2.16. The van der Waals surface area contributed by atoms with Crippen LogP contribution in [-0.2, 0) is 5.88 Å². The lowest BCUT2D eigenvalue weighted by molar-refractivity contribution is 0.532. The van der Waals surface area contributed by atoms with E-state index in [1.807, 2.05) is 4.57 Å². The lowest BCUT2D eigenvalue weighted by atomic mass is 10.2. The third kappa shape index (κ3) is 3.09. The van der Waals surface area contributed by atoms with E-state index in [9.17, 15) is 4.39 Å². The minimum absolute atomic E-state index is 0.256. The van der Waals surface area contributed by atoms with Crippen molar-refractivity contribution in [2.45, 2.75) is 25.3 Å². The number of hydrogen-bond acceptors (Lipinski definition) is 2. The minimum atomic E-state index is -0.271. The predicted molar refractivity (Wildman–Crippen MR) is 84.7 cm³/mol. The molecule has 0 aliphatic rings. The van der Waals surface area contributed by atoms with Gasteiger partial charge >= 0.3 is 0 Å². The zero-order chi connectivity index (χ0) is 14.0. The first-order valence-corrected chi connectivity index (χ1v) is 8.71. The number of thioether (sulfide) groups is 1. The van der Waals surface area contributed by atoms with Crippen LogP contribution in [0.5, 0.6) is 0 Å². The molecule has 1 aromatic carbocycles. The number of aromatic nitrogens is 2. The molecule has 0 saturated carbocycles. The van der Waals surface area contributed by atoms with Gasteiger partial charge in [0.25, 0.3) is 0 Å². The minimum Gasteiger partial charge on any atom is -0.324 e. The Bertz CT molecular complexity index is 588. The Kier molecular flexibility index (Phi) is 5.15. The van der Waals surface area contributed by atoms with Gasteiger partial charge in [-0.15, -0.1) is 11.6 Å². The second-order valence-electron chi connectivity index (χ2n) is 4.42. The van der Waals surface area contributed by atoms with Crippen LogP contribution in [0, 0.1) is 5.82 Å². The van der Waals surface area contributed by atoms with Gasteiger partial charge in [0, 0.05) is 12.1 Å². The molecule has 1 unspecified atom stereocenters. The molecule has 1 atom stereocenters. The maximum atomic E-state index is 13.7. The highest BCUT2D eigenvalue weighted by Gasteiger charge is 2.16. The Labute approximate surface area is 129 Å². The van der Waals surface area contributed by atoms with E-state index in [0.717, 1.165) is 29.0 Å². The molecule has 0 saturated heterocycles. The molecule has 6 heteroatoms. The Balaban J connectivity index is 2.53. The fourth-order valence-corrected chi connectivity index (χ4v) is 3.24. The summed E-state index contributed by atoms with van der Waals surface area (Å²) in [6.07, 6.45) is 3.09. The number of hydrogen-bond donors (Lipinski definition) is 0. The van der Waals surface area contributed by atoms with Gasteiger partial charge in [-0.1, -0.05) is 0 Å². The summed E-state index contributed by atoms with van der Waals surface area (Å²) in [7, 11) is 0. The second kappa shape index (κ2) is 6.46. The third-order valence-corrected chi connectivity index (χ3v) is 4.60. The molecule has 2 aromatic rings. The maximum Gasteiger partial charge on any atom is 0.139 e. The van der Waals surface area contributed by atoms with Gasteiger partial charge in [-0.2, -0.15) is 11.8 Å². The molecule has 0 radical (unpaired) electrons. The van der Waals surface area contributed by atoms with Crippen molar-refractivity contribution >= 4 is 50.3 Å². The Morgan fingerprint density at radius 2 is 2.26 bits per heavy atom. The van der Waals surface area contributed by atoms with Gasteiger partial charge in [-0.25, -0.2) is 9.37 Å². The molecular weight excluding hydrogens is 351 g/mol. The Morgan fingerprint density at radius 3 is 2.89 bits per heavy atom. The van der Waals surface area contributed by atoms with Crippen LogP contribution in [0.15, 0.2) is 16.6 Å². The van der Waals surface area contributed by atoms with Crippen molar-refractivity contribution in [1.82, 2.24) is 9.55 Å². The van der Waals surface area contributed by atoms with Gasteiger partial charge in [0.1, 0.15) is 11.6 Å². The summed E-state index contributed by atoms with van der Waals surface area (Å²) in [6.45, 7) is 2.12. The highest BCUT2D eigenvalue weighted by molar-refractivity contribution is 9.10. The molecule has 0 bridgehead atoms. The summed E-state index contributed by atoms with van der Waals surface area (Å²) in [6, 6.07) is 3.49. The number of imidazole rings is 1. The average Bonchev–Trinajstić information content (AvgIpc) is 2.74. The fourth-order valence-electron chi connectivity index (χ4n) is 2.14. The SMILES string of the molecule is CSCCC(C)n1c(CCl)nc2cc(Br)c(F)cc21. The van der Waals surface area contributed by atoms with E-state index in [1.54, 1.807) is 17.8 Å². The first kappa shape index (κ1) is 15.1. The summed E-state index contributed by atoms with van der Waals surface area (Å²) in [4.78, 5) is 4.49. The highest BCUT2D eigenvalue weighted by Crippen LogP contribution is 2.28. The van der Waals surface area contributed by atoms with Gasteiger partial charge < -0.3 is 4.57 Å². The van der Waals surface area contributed by atoms with E-state index in [-0.39, 0.29) is 11.9 Å². The van der Waals surface area contributed by atoms with E-state index < -0.39 is 0 Å². The summed E-state index contributed by atoms with van der Waals surface area (Å²) in [5, 5.41) is 0. The number of rotatable bonds is 5. The highest BCUT2D eigenvalue weighted by atomic mass is 79.9. The van der Waals surface area contributed by atoms with E-state index in [1.165, 1.54) is 6.07 Å². The summed E-state index contributed by atoms with van der Waals surface area (Å²) >= 11 is 11.0. The van der Waals surface area contributed by atoms with E-state index in [4.69, 9.17) is 11.6 Å². The van der Waals surface area contributed by atoms with Gasteiger partial charge in [-0.05, 0) is 47.3 Å². The molecule has 1 aromatic heterocycles. The van der Waals surface area contributed by atoms with E-state index >= 15 is 0 Å². The van der Waals surface area contributed by atoms with Crippen molar-refractivity contribution in [1.29, 1.82) is 0 Å². The molecule has 0 amide bonds. The largest absolute Gasteiger partial charge is 0.324 e. The van der Waals surface area contributed by atoms with Crippen molar-refractivity contribution in [3.63, 3.8) is 0 Å². The summed E-state index contributed by atoms with van der Waals surface area (Å²) in [5.74, 6) is 1.91. The zero-order valence-electron chi connectivity index (χ0n) is 10.8. The van der Waals surface area contributed by atoms with Crippen LogP contribution in [0.25, 0.3) is 11.0 Å². The molecular formula is C13H15BrClFN2S. The second-order valence-corrected chi connectivity index (χ2v) is 6.52. The lowest BCUT2D eigenvalue weighted by Crippen LogP contribution is -2.09. The van der Waals surface area contributed by atoms with Gasteiger partial charge in [0.2, 0.25) is 0 Å². The molecule has 0 aliphatic heterocycles. The van der Waals surface area contributed by atoms with Crippen molar-refractivity contribution < 1.29 is 4.39 Å². The van der Waals surface area contributed by atoms with Crippen molar-refractivity contribution in [3.8, 4) is 0 Å². The molecule has 0 spiro atoms. The molecule has 0 fully saturated rings. The standard InChI is InChI=1S/C13H15BrClFN2S/c1-8(3-4-19-2)18-12-6-10(16)9(14)5-11(12)17-13(18)7-15/h5-6,8H,3-4,7H2,1-2H3. The molecule has 2 nitrogen and oxygen atoms in total. The first-order chi connectivity index (χ1) is 9.08. The fraction of sp³-hybridized carbons (Fsp3) is 0.462. The predicted octanol–water partition coefficient (Wildman–Crippen LogP) is 4.99. The summed E-state index contributed by atoms with van der Waals surface area (Å²) < 4.78 is 16.2. The van der Waals surface area contributed by atoms with Gasteiger partial charge in [0.15, 0.2) is 0 Å². The number of halogens is 3. The quantitative estimate of drug-likeness (QED) is 0.695. The number of fused-ring (bicyclic) bond motifs is 1. The van der Waals surface area contributed by atoms with Crippen molar-refractivity contribution in [2.75, 3.05) is 12.0 Å². The normalized spacial score (nSPS) is 13.1. The monoisotopic (exact) mass is 364 g/mol. The first-order valence-electron chi connectivity index (χ1n) is 5.99. The topological polar surface area (TPSA) is 17.8 Å². The van der Waals surface area contributed by atoms with Gasteiger partial charge in [0.05, 0.1) is 21.4 Å². The number of alkyl halides is 1. The van der Waals surface area contributed by atoms with E-state index in [0.29, 0.717) is 10.4 Å². The van der Waals surface area contributed by atoms with Crippen LogP contribution in [0.1, 0.15) is 25.2 Å². The molecule has 0 N–H and O–H groups in total. The van der Waals surface area contributed by atoms with Gasteiger partial charge in [-0.3, -0.25) is 0 Å². The van der Waals surface area contributed by atoms with Crippen molar-refractivity contribution in [2.24, 2.45) is 0 Å². The smallest absolute Gasteiger partial charge is 0.139 e. The Morgan fingerprint density at radius 1 is 1.53 bits per heavy atom. The molecule has 0 aliphatic carbocycles. The van der Waals surface area contributed by atoms with Crippen LogP contribution in [0.4, 0.5) is 4.39 Å². The van der Waals surface area contributed by atoms with E-state index in [2.05, 4.69) is 34.1 Å². The summed E-state index contributed by atoms with van der Waals surface area (Å²) in [5.41, 5.74) is 1.59. The number of nitrogens with zero attached hydrogens (tertiary/aromatic N) is 2. The van der Waals surface area contributed by atoms with Crippen LogP contribution in [-0.4, -0.2) is 21.6 Å². The molecule has 19 heavy (non-hydrogen) atoms. The van der Waals surface area contributed by atoms with Crippen LogP contribution >= 0.6 is 39.3 Å². The molecule has 2 rings (SSSR count). The Hall–Kier alpha value is -0.260. The van der Waals surface area contributed by atoms with Crippen LogP contribution < -0.4 is 0 Å². The average molecular weight is 366 g/mol. The third-order valence-electron chi connectivity index (χ3n) is 3.10.